The molecular formula is C18H17F3N2. The van der Waals surface area contributed by atoms with Crippen LogP contribution >= 0.6 is 0 Å². The maximum Gasteiger partial charge on any atom is 0.416 e. The lowest BCUT2D eigenvalue weighted by atomic mass is 9.90. The first-order valence-corrected chi connectivity index (χ1v) is 7.87. The SMILES string of the molecule is Cc1ncc(Nc2cccc(C(F)(F)F)c2)c2c1C1CCC2C1. The first-order valence-electron chi connectivity index (χ1n) is 7.87. The molecule has 5 heteroatoms. The molecule has 23 heavy (non-hydrogen) atoms. The van der Waals surface area contributed by atoms with Gasteiger partial charge in [-0.15, -0.1) is 0 Å². The zero-order valence-electron chi connectivity index (χ0n) is 12.7. The molecule has 2 unspecified atom stereocenters. The number of fused-ring (bicyclic) bond motifs is 5. The summed E-state index contributed by atoms with van der Waals surface area (Å²) in [6, 6.07) is 5.33. The highest BCUT2D eigenvalue weighted by Crippen LogP contribution is 2.56. The predicted molar refractivity (Wildman–Crippen MR) is 83.0 cm³/mol. The molecule has 0 amide bonds. The van der Waals surface area contributed by atoms with Crippen molar-refractivity contribution < 1.29 is 13.2 Å². The van der Waals surface area contributed by atoms with Crippen molar-refractivity contribution in [3.8, 4) is 0 Å². The molecule has 0 saturated heterocycles. The fourth-order valence-corrected chi connectivity index (χ4v) is 4.13. The summed E-state index contributed by atoms with van der Waals surface area (Å²) in [7, 11) is 0. The summed E-state index contributed by atoms with van der Waals surface area (Å²) >= 11 is 0. The van der Waals surface area contributed by atoms with Crippen LogP contribution < -0.4 is 5.32 Å². The van der Waals surface area contributed by atoms with Gasteiger partial charge in [-0.25, -0.2) is 0 Å². The van der Waals surface area contributed by atoms with Gasteiger partial charge in [0.1, 0.15) is 0 Å². The molecule has 2 aromatic rings. The van der Waals surface area contributed by atoms with E-state index >= 15 is 0 Å². The van der Waals surface area contributed by atoms with Crippen molar-refractivity contribution in [2.45, 2.75) is 44.2 Å². The van der Waals surface area contributed by atoms with Crippen LogP contribution in [0, 0.1) is 6.92 Å². The Bertz CT molecular complexity index is 767. The molecule has 2 atom stereocenters. The van der Waals surface area contributed by atoms with Gasteiger partial charge in [-0.1, -0.05) is 6.07 Å². The Morgan fingerprint density at radius 1 is 1.13 bits per heavy atom. The van der Waals surface area contributed by atoms with Gasteiger partial charge in [-0.2, -0.15) is 13.2 Å². The minimum Gasteiger partial charge on any atom is -0.354 e. The van der Waals surface area contributed by atoms with Crippen molar-refractivity contribution in [2.24, 2.45) is 0 Å². The molecular weight excluding hydrogens is 301 g/mol. The van der Waals surface area contributed by atoms with Crippen LogP contribution in [0.1, 0.15) is 53.5 Å². The van der Waals surface area contributed by atoms with Crippen molar-refractivity contribution in [1.29, 1.82) is 0 Å². The fraction of sp³-hybridized carbons (Fsp3) is 0.389. The minimum atomic E-state index is -4.33. The number of aryl methyl sites for hydroxylation is 1. The Balaban J connectivity index is 1.72. The minimum absolute atomic E-state index is 0.454. The molecule has 2 aliphatic rings. The van der Waals surface area contributed by atoms with E-state index in [1.54, 1.807) is 12.3 Å². The molecule has 2 aliphatic carbocycles. The van der Waals surface area contributed by atoms with Crippen LogP contribution in [0.2, 0.25) is 0 Å². The average Bonchev–Trinajstić information content (AvgIpc) is 3.11. The van der Waals surface area contributed by atoms with E-state index in [2.05, 4.69) is 10.3 Å². The highest BCUT2D eigenvalue weighted by atomic mass is 19.4. The third-order valence-corrected chi connectivity index (χ3v) is 5.08. The molecule has 0 spiro atoms. The van der Waals surface area contributed by atoms with Gasteiger partial charge in [0.2, 0.25) is 0 Å². The quantitative estimate of drug-likeness (QED) is 0.789. The van der Waals surface area contributed by atoms with Gasteiger partial charge >= 0.3 is 6.18 Å². The molecule has 2 bridgehead atoms. The van der Waals surface area contributed by atoms with Crippen LogP contribution in [-0.4, -0.2) is 4.98 Å². The summed E-state index contributed by atoms with van der Waals surface area (Å²) in [6.45, 7) is 2.02. The summed E-state index contributed by atoms with van der Waals surface area (Å²) in [5, 5.41) is 3.17. The molecule has 1 aromatic heterocycles. The van der Waals surface area contributed by atoms with E-state index in [0.29, 0.717) is 17.5 Å². The number of nitrogens with zero attached hydrogens (tertiary/aromatic N) is 1. The molecule has 1 aromatic carbocycles. The molecule has 1 heterocycles. The normalized spacial score (nSPS) is 22.3. The summed E-state index contributed by atoms with van der Waals surface area (Å²) in [6.07, 6.45) is 0.948. The van der Waals surface area contributed by atoms with Gasteiger partial charge < -0.3 is 5.32 Å². The second-order valence-corrected chi connectivity index (χ2v) is 6.50. The lowest BCUT2D eigenvalue weighted by Crippen LogP contribution is -2.08. The van der Waals surface area contributed by atoms with Crippen LogP contribution in [0.4, 0.5) is 24.5 Å². The number of alkyl halides is 3. The number of hydrogen-bond acceptors (Lipinski definition) is 2. The van der Waals surface area contributed by atoms with Crippen LogP contribution in [0.25, 0.3) is 0 Å². The van der Waals surface area contributed by atoms with E-state index in [0.717, 1.165) is 29.9 Å². The highest BCUT2D eigenvalue weighted by molar-refractivity contribution is 5.68. The number of hydrogen-bond donors (Lipinski definition) is 1. The Hall–Kier alpha value is -2.04. The molecule has 4 rings (SSSR count). The van der Waals surface area contributed by atoms with Crippen molar-refractivity contribution >= 4 is 11.4 Å². The molecule has 0 radical (unpaired) electrons. The Morgan fingerprint density at radius 2 is 1.87 bits per heavy atom. The van der Waals surface area contributed by atoms with Crippen LogP contribution in [0.3, 0.4) is 0 Å². The van der Waals surface area contributed by atoms with Crippen molar-refractivity contribution in [1.82, 2.24) is 4.98 Å². The van der Waals surface area contributed by atoms with Gasteiger partial charge in [-0.05, 0) is 67.3 Å². The number of pyridine rings is 1. The second-order valence-electron chi connectivity index (χ2n) is 6.50. The van der Waals surface area contributed by atoms with Gasteiger partial charge in [-0.3, -0.25) is 4.98 Å². The molecule has 2 nitrogen and oxygen atoms in total. The molecule has 120 valence electrons. The van der Waals surface area contributed by atoms with Gasteiger partial charge in [0.25, 0.3) is 0 Å². The third-order valence-electron chi connectivity index (χ3n) is 5.08. The van der Waals surface area contributed by atoms with Gasteiger partial charge in [0.05, 0.1) is 17.4 Å². The van der Waals surface area contributed by atoms with E-state index in [9.17, 15) is 13.2 Å². The van der Waals surface area contributed by atoms with E-state index < -0.39 is 11.7 Å². The smallest absolute Gasteiger partial charge is 0.354 e. The Labute approximate surface area is 132 Å². The summed E-state index contributed by atoms with van der Waals surface area (Å²) in [5.41, 5.74) is 4.32. The number of rotatable bonds is 2. The predicted octanol–water partition coefficient (Wildman–Crippen LogP) is 5.52. The van der Waals surface area contributed by atoms with Gasteiger partial charge in [0, 0.05) is 11.4 Å². The standard InChI is InChI=1S/C18H17F3N2/c1-10-16-11-5-6-12(7-11)17(16)15(9-22-10)23-14-4-2-3-13(8-14)18(19,20)21/h2-4,8-9,11-12,23H,5-7H2,1H3. The molecule has 1 fully saturated rings. The molecule has 0 aliphatic heterocycles. The summed E-state index contributed by atoms with van der Waals surface area (Å²) in [4.78, 5) is 4.45. The van der Waals surface area contributed by atoms with E-state index in [1.165, 1.54) is 30.0 Å². The van der Waals surface area contributed by atoms with E-state index in [1.807, 2.05) is 6.92 Å². The topological polar surface area (TPSA) is 24.9 Å². The van der Waals surface area contributed by atoms with Crippen LogP contribution in [0.15, 0.2) is 30.5 Å². The third kappa shape index (κ3) is 2.38. The second kappa shape index (κ2) is 4.98. The number of benzene rings is 1. The van der Waals surface area contributed by atoms with E-state index in [-0.39, 0.29) is 0 Å². The average molecular weight is 318 g/mol. The lowest BCUT2D eigenvalue weighted by Gasteiger charge is -2.21. The van der Waals surface area contributed by atoms with E-state index in [4.69, 9.17) is 0 Å². The summed E-state index contributed by atoms with van der Waals surface area (Å²) in [5.74, 6) is 1.09. The largest absolute Gasteiger partial charge is 0.416 e. The number of halogens is 3. The zero-order valence-corrected chi connectivity index (χ0v) is 12.7. The summed E-state index contributed by atoms with van der Waals surface area (Å²) < 4.78 is 38.6. The maximum absolute atomic E-state index is 12.9. The van der Waals surface area contributed by atoms with Crippen LogP contribution in [-0.2, 0) is 6.18 Å². The number of nitrogens with one attached hydrogen (secondary N) is 1. The number of aromatic nitrogens is 1. The van der Waals surface area contributed by atoms with Gasteiger partial charge in [0.15, 0.2) is 0 Å². The molecule has 1 N–H and O–H groups in total. The number of anilines is 2. The first-order chi connectivity index (χ1) is 10.9. The highest BCUT2D eigenvalue weighted by Gasteiger charge is 2.40. The Morgan fingerprint density at radius 3 is 2.61 bits per heavy atom. The monoisotopic (exact) mass is 318 g/mol. The fourth-order valence-electron chi connectivity index (χ4n) is 4.13. The first kappa shape index (κ1) is 14.5. The Kier molecular flexibility index (Phi) is 3.15. The maximum atomic E-state index is 12.9. The zero-order chi connectivity index (χ0) is 16.2. The lowest BCUT2D eigenvalue weighted by molar-refractivity contribution is -0.137. The van der Waals surface area contributed by atoms with Crippen molar-refractivity contribution in [3.63, 3.8) is 0 Å². The molecule has 1 saturated carbocycles. The van der Waals surface area contributed by atoms with Crippen LogP contribution in [0.5, 0.6) is 0 Å². The van der Waals surface area contributed by atoms with Crippen molar-refractivity contribution in [2.75, 3.05) is 5.32 Å². The van der Waals surface area contributed by atoms with Crippen molar-refractivity contribution in [3.05, 3.63) is 52.8 Å².